The molecule has 2 N–H and O–H groups in total. The average Bonchev–Trinajstić information content (AvgIpc) is 1.59. The van der Waals surface area contributed by atoms with Crippen LogP contribution in [0.5, 0.6) is 0 Å². The van der Waals surface area contributed by atoms with Crippen LogP contribution in [0.2, 0.25) is 0 Å². The van der Waals surface area contributed by atoms with Gasteiger partial charge in [-0.15, -0.1) is 0 Å². The van der Waals surface area contributed by atoms with E-state index < -0.39 is 16.0 Å². The smallest absolute Gasteiger partial charge is 0.278 e. The summed E-state index contributed by atoms with van der Waals surface area (Å²) < 4.78 is 28.6. The molecule has 0 atom stereocenters. The van der Waals surface area contributed by atoms with E-state index in [4.69, 9.17) is 9.66 Å². The molecule has 0 saturated heterocycles. The molecule has 0 rings (SSSR count). The van der Waals surface area contributed by atoms with E-state index in [1.807, 2.05) is 0 Å². The first kappa shape index (κ1) is 9.83. The van der Waals surface area contributed by atoms with Gasteiger partial charge in [0.05, 0.1) is 6.61 Å². The Hall–Kier alpha value is -0.170. The van der Waals surface area contributed by atoms with E-state index in [9.17, 15) is 8.42 Å². The van der Waals surface area contributed by atoms with Gasteiger partial charge < -0.3 is 5.11 Å². The molecule has 0 aliphatic rings. The summed E-state index contributed by atoms with van der Waals surface area (Å²) in [5.74, 6) is -0.437. The monoisotopic (exact) mass is 169 g/mol. The van der Waals surface area contributed by atoms with Crippen molar-refractivity contribution in [2.24, 2.45) is 0 Å². The highest BCUT2D eigenvalue weighted by molar-refractivity contribution is 7.85. The Labute approximate surface area is 60.0 Å². The molecule has 62 valence electrons. The summed E-state index contributed by atoms with van der Waals surface area (Å²) >= 11 is 0. The van der Waals surface area contributed by atoms with Crippen LogP contribution in [-0.4, -0.2) is 49.1 Å². The zero-order chi connectivity index (χ0) is 8.20. The minimum Gasteiger partial charge on any atom is -0.395 e. The highest BCUT2D eigenvalue weighted by atomic mass is 32.2. The van der Waals surface area contributed by atoms with Crippen molar-refractivity contribution in [3.05, 3.63) is 0 Å². The summed E-state index contributed by atoms with van der Waals surface area (Å²) in [6.07, 6.45) is 0. The van der Waals surface area contributed by atoms with Crippen molar-refractivity contribution >= 4 is 10.1 Å². The minimum absolute atomic E-state index is 0.119. The number of aliphatic hydroxyl groups excluding tert-OH is 1. The third kappa shape index (κ3) is 5.96. The van der Waals surface area contributed by atoms with E-state index in [1.165, 1.54) is 11.9 Å². The standard InChI is InChI=1S/C4H11NO4S/c1-5(2-3-6)4-10(7,8)9/h6H,2-4H2,1H3,(H,7,8,9). The first-order valence-electron chi connectivity index (χ1n) is 2.70. The molecule has 10 heavy (non-hydrogen) atoms. The largest absolute Gasteiger partial charge is 0.395 e. The van der Waals surface area contributed by atoms with Gasteiger partial charge in [0.15, 0.2) is 0 Å². The van der Waals surface area contributed by atoms with E-state index in [1.54, 1.807) is 0 Å². The van der Waals surface area contributed by atoms with Crippen molar-refractivity contribution in [2.45, 2.75) is 0 Å². The van der Waals surface area contributed by atoms with Gasteiger partial charge in [0.1, 0.15) is 5.88 Å². The van der Waals surface area contributed by atoms with Crippen molar-refractivity contribution in [3.8, 4) is 0 Å². The summed E-state index contributed by atoms with van der Waals surface area (Å²) in [7, 11) is -2.44. The van der Waals surface area contributed by atoms with Gasteiger partial charge in [-0.3, -0.25) is 9.45 Å². The predicted octanol–water partition coefficient (Wildman–Crippen LogP) is -1.24. The zero-order valence-electron chi connectivity index (χ0n) is 5.69. The molecule has 0 saturated carbocycles. The van der Waals surface area contributed by atoms with Gasteiger partial charge in [-0.05, 0) is 7.05 Å². The molecule has 0 radical (unpaired) electrons. The van der Waals surface area contributed by atoms with Crippen LogP contribution in [0.1, 0.15) is 0 Å². The fraction of sp³-hybridized carbons (Fsp3) is 1.00. The SMILES string of the molecule is CN(CCO)CS(=O)(=O)O. The van der Waals surface area contributed by atoms with E-state index in [0.29, 0.717) is 0 Å². The summed E-state index contributed by atoms with van der Waals surface area (Å²) in [6.45, 7) is 0.117. The molecule has 0 aromatic carbocycles. The zero-order valence-corrected chi connectivity index (χ0v) is 6.50. The maximum absolute atomic E-state index is 10.1. The van der Waals surface area contributed by atoms with Crippen molar-refractivity contribution in [1.29, 1.82) is 0 Å². The number of likely N-dealkylation sites (N-methyl/N-ethyl adjacent to an activating group) is 1. The maximum Gasteiger partial charge on any atom is 0.278 e. The Kier molecular flexibility index (Phi) is 3.80. The molecule has 0 aromatic rings. The highest BCUT2D eigenvalue weighted by Gasteiger charge is 2.07. The van der Waals surface area contributed by atoms with E-state index in [-0.39, 0.29) is 13.2 Å². The first-order chi connectivity index (χ1) is 4.45. The summed E-state index contributed by atoms with van der Waals surface area (Å²) in [6, 6.07) is 0. The van der Waals surface area contributed by atoms with Crippen molar-refractivity contribution in [1.82, 2.24) is 4.90 Å². The van der Waals surface area contributed by atoms with Crippen LogP contribution in [0, 0.1) is 0 Å². The summed E-state index contributed by atoms with van der Waals surface area (Å²) in [5.41, 5.74) is 0. The third-order valence-electron chi connectivity index (χ3n) is 0.865. The lowest BCUT2D eigenvalue weighted by Crippen LogP contribution is -2.28. The molecule has 0 fully saturated rings. The maximum atomic E-state index is 10.1. The van der Waals surface area contributed by atoms with Gasteiger partial charge >= 0.3 is 0 Å². The average molecular weight is 169 g/mol. The molecule has 0 bridgehead atoms. The van der Waals surface area contributed by atoms with Gasteiger partial charge in [0.2, 0.25) is 0 Å². The lowest BCUT2D eigenvalue weighted by molar-refractivity contribution is 0.234. The Balaban J connectivity index is 3.69. The fourth-order valence-electron chi connectivity index (χ4n) is 0.514. The van der Waals surface area contributed by atoms with E-state index in [0.717, 1.165) is 0 Å². The number of hydrogen-bond acceptors (Lipinski definition) is 4. The Bertz CT molecular complexity index is 176. The number of rotatable bonds is 4. The Morgan fingerprint density at radius 1 is 1.50 bits per heavy atom. The normalized spacial score (nSPS) is 12.4. The molecule has 0 amide bonds. The summed E-state index contributed by atoms with van der Waals surface area (Å²) in [4.78, 5) is 1.30. The molecular weight excluding hydrogens is 158 g/mol. The minimum atomic E-state index is -3.93. The number of nitrogens with zero attached hydrogens (tertiary/aromatic N) is 1. The van der Waals surface area contributed by atoms with Gasteiger partial charge in [-0.25, -0.2) is 0 Å². The van der Waals surface area contributed by atoms with Gasteiger partial charge in [0.25, 0.3) is 10.1 Å². The number of aliphatic hydroxyl groups is 1. The second-order valence-corrected chi connectivity index (χ2v) is 3.44. The molecule has 0 unspecified atom stereocenters. The highest BCUT2D eigenvalue weighted by Crippen LogP contribution is 1.86. The first-order valence-corrected chi connectivity index (χ1v) is 4.31. The van der Waals surface area contributed by atoms with Gasteiger partial charge in [-0.1, -0.05) is 0 Å². The van der Waals surface area contributed by atoms with Gasteiger partial charge in [-0.2, -0.15) is 8.42 Å². The second kappa shape index (κ2) is 3.87. The van der Waals surface area contributed by atoms with Crippen LogP contribution in [0.25, 0.3) is 0 Å². The molecule has 6 heteroatoms. The third-order valence-corrected chi connectivity index (χ3v) is 1.63. The molecule has 0 heterocycles. The Morgan fingerprint density at radius 3 is 2.30 bits per heavy atom. The lowest BCUT2D eigenvalue weighted by Gasteiger charge is -2.11. The van der Waals surface area contributed by atoms with Crippen molar-refractivity contribution < 1.29 is 18.1 Å². The predicted molar refractivity (Wildman–Crippen MR) is 36.1 cm³/mol. The summed E-state index contributed by atoms with van der Waals surface area (Å²) in [5, 5.41) is 8.32. The van der Waals surface area contributed by atoms with Crippen LogP contribution in [0.4, 0.5) is 0 Å². The van der Waals surface area contributed by atoms with Crippen LogP contribution in [0.3, 0.4) is 0 Å². The van der Waals surface area contributed by atoms with E-state index >= 15 is 0 Å². The van der Waals surface area contributed by atoms with Crippen LogP contribution >= 0.6 is 0 Å². The molecular formula is C4H11NO4S. The second-order valence-electron chi connectivity index (χ2n) is 2.01. The van der Waals surface area contributed by atoms with Gasteiger partial charge in [0, 0.05) is 6.54 Å². The number of hydrogen-bond donors (Lipinski definition) is 2. The Morgan fingerprint density at radius 2 is 2.00 bits per heavy atom. The van der Waals surface area contributed by atoms with E-state index in [2.05, 4.69) is 0 Å². The molecule has 0 aliphatic heterocycles. The lowest BCUT2D eigenvalue weighted by atomic mass is 10.6. The fourth-order valence-corrected chi connectivity index (χ4v) is 1.20. The van der Waals surface area contributed by atoms with Crippen LogP contribution in [0.15, 0.2) is 0 Å². The molecule has 5 nitrogen and oxygen atoms in total. The topological polar surface area (TPSA) is 77.8 Å². The van der Waals surface area contributed by atoms with Crippen molar-refractivity contribution in [3.63, 3.8) is 0 Å². The molecule has 0 aromatic heterocycles. The quantitative estimate of drug-likeness (QED) is 0.514. The molecule has 0 spiro atoms. The van der Waals surface area contributed by atoms with Crippen LogP contribution < -0.4 is 0 Å². The molecule has 0 aliphatic carbocycles. The van der Waals surface area contributed by atoms with Crippen molar-refractivity contribution in [2.75, 3.05) is 26.1 Å². The van der Waals surface area contributed by atoms with Crippen LogP contribution in [-0.2, 0) is 10.1 Å².